The zero-order valence-corrected chi connectivity index (χ0v) is 6.64. The lowest BCUT2D eigenvalue weighted by Crippen LogP contribution is -2.42. The molecule has 11 heavy (non-hydrogen) atoms. The average Bonchev–Trinajstić information content (AvgIpc) is 1.86. The van der Waals surface area contributed by atoms with E-state index in [9.17, 15) is 8.78 Å². The molecule has 1 aliphatic rings. The molecular weight excluding hydrogens is 154 g/mol. The number of halogens is 2. The first kappa shape index (κ1) is 8.87. The Labute approximate surface area is 64.5 Å². The van der Waals surface area contributed by atoms with Gasteiger partial charge in [0.15, 0.2) is 6.29 Å². The third-order valence-electron chi connectivity index (χ3n) is 1.46. The molecule has 0 spiro atoms. The SMILES string of the molecule is CC(C)C1OCC(F)(F)CO1. The van der Waals surface area contributed by atoms with Crippen molar-refractivity contribution in [2.75, 3.05) is 13.2 Å². The van der Waals surface area contributed by atoms with Crippen molar-refractivity contribution in [1.29, 1.82) is 0 Å². The second-order valence-electron chi connectivity index (χ2n) is 3.09. The van der Waals surface area contributed by atoms with Gasteiger partial charge in [-0.25, -0.2) is 8.78 Å². The highest BCUT2D eigenvalue weighted by Gasteiger charge is 2.37. The van der Waals surface area contributed by atoms with Crippen molar-refractivity contribution in [3.8, 4) is 0 Å². The smallest absolute Gasteiger partial charge is 0.293 e. The Kier molecular flexibility index (Phi) is 2.44. The van der Waals surface area contributed by atoms with Crippen molar-refractivity contribution in [3.63, 3.8) is 0 Å². The summed E-state index contributed by atoms with van der Waals surface area (Å²) in [7, 11) is 0. The topological polar surface area (TPSA) is 18.5 Å². The summed E-state index contributed by atoms with van der Waals surface area (Å²) in [5, 5.41) is 0. The molecule has 0 N–H and O–H groups in total. The summed E-state index contributed by atoms with van der Waals surface area (Å²) in [6.45, 7) is 2.70. The van der Waals surface area contributed by atoms with Crippen LogP contribution in [-0.4, -0.2) is 25.4 Å². The summed E-state index contributed by atoms with van der Waals surface area (Å²) >= 11 is 0. The second-order valence-corrected chi connectivity index (χ2v) is 3.09. The number of alkyl halides is 2. The Morgan fingerprint density at radius 3 is 2.09 bits per heavy atom. The zero-order chi connectivity index (χ0) is 8.48. The predicted molar refractivity (Wildman–Crippen MR) is 35.5 cm³/mol. The van der Waals surface area contributed by atoms with Crippen molar-refractivity contribution < 1.29 is 18.3 Å². The van der Waals surface area contributed by atoms with Crippen molar-refractivity contribution >= 4 is 0 Å². The fourth-order valence-electron chi connectivity index (χ4n) is 0.883. The van der Waals surface area contributed by atoms with Gasteiger partial charge in [0, 0.05) is 5.92 Å². The molecule has 1 aliphatic heterocycles. The second kappa shape index (κ2) is 3.03. The van der Waals surface area contributed by atoms with E-state index in [2.05, 4.69) is 0 Å². The van der Waals surface area contributed by atoms with Crippen molar-refractivity contribution in [1.82, 2.24) is 0 Å². The molecule has 1 saturated heterocycles. The van der Waals surface area contributed by atoms with E-state index in [1.165, 1.54) is 0 Å². The maximum atomic E-state index is 12.4. The van der Waals surface area contributed by atoms with Crippen LogP contribution >= 0.6 is 0 Å². The van der Waals surface area contributed by atoms with Gasteiger partial charge in [0.25, 0.3) is 5.92 Å². The molecule has 0 aromatic heterocycles. The Hall–Kier alpha value is -0.220. The Morgan fingerprint density at radius 2 is 1.73 bits per heavy atom. The molecule has 0 unspecified atom stereocenters. The first-order valence-electron chi connectivity index (χ1n) is 3.62. The highest BCUT2D eigenvalue weighted by molar-refractivity contribution is 4.70. The van der Waals surface area contributed by atoms with Crippen LogP contribution in [0.2, 0.25) is 0 Å². The molecule has 4 heteroatoms. The van der Waals surface area contributed by atoms with Crippen LogP contribution in [0.25, 0.3) is 0 Å². The number of hydrogen-bond donors (Lipinski definition) is 0. The standard InChI is InChI=1S/C7H12F2O2/c1-5(2)6-10-3-7(8,9)4-11-6/h5-6H,3-4H2,1-2H3. The van der Waals surface area contributed by atoms with E-state index < -0.39 is 25.4 Å². The Morgan fingerprint density at radius 1 is 1.27 bits per heavy atom. The average molecular weight is 166 g/mol. The molecule has 2 nitrogen and oxygen atoms in total. The maximum absolute atomic E-state index is 12.4. The van der Waals surface area contributed by atoms with Crippen LogP contribution in [-0.2, 0) is 9.47 Å². The molecule has 0 aliphatic carbocycles. The molecule has 0 bridgehead atoms. The third-order valence-corrected chi connectivity index (χ3v) is 1.46. The van der Waals surface area contributed by atoms with Gasteiger partial charge in [-0.3, -0.25) is 0 Å². The highest BCUT2D eigenvalue weighted by Crippen LogP contribution is 2.24. The molecule has 1 rings (SSSR count). The summed E-state index contributed by atoms with van der Waals surface area (Å²) in [4.78, 5) is 0. The van der Waals surface area contributed by atoms with Crippen LogP contribution < -0.4 is 0 Å². The molecule has 66 valence electrons. The molecule has 0 amide bonds. The van der Waals surface area contributed by atoms with Gasteiger partial charge in [-0.1, -0.05) is 13.8 Å². The summed E-state index contributed by atoms with van der Waals surface area (Å²) in [6, 6.07) is 0. The maximum Gasteiger partial charge on any atom is 0.293 e. The van der Waals surface area contributed by atoms with E-state index in [1.807, 2.05) is 13.8 Å². The van der Waals surface area contributed by atoms with Crippen molar-refractivity contribution in [2.24, 2.45) is 5.92 Å². The predicted octanol–water partition coefficient (Wildman–Crippen LogP) is 1.65. The molecule has 0 radical (unpaired) electrons. The van der Waals surface area contributed by atoms with Gasteiger partial charge in [0.1, 0.15) is 13.2 Å². The van der Waals surface area contributed by atoms with Gasteiger partial charge in [0.2, 0.25) is 0 Å². The van der Waals surface area contributed by atoms with Gasteiger partial charge in [-0.05, 0) is 0 Å². The third kappa shape index (κ3) is 2.38. The van der Waals surface area contributed by atoms with E-state index in [0.717, 1.165) is 0 Å². The zero-order valence-electron chi connectivity index (χ0n) is 6.64. The minimum Gasteiger partial charge on any atom is -0.346 e. The lowest BCUT2D eigenvalue weighted by Gasteiger charge is -2.31. The molecule has 0 atom stereocenters. The fraction of sp³-hybridized carbons (Fsp3) is 1.00. The lowest BCUT2D eigenvalue weighted by molar-refractivity contribution is -0.279. The number of ether oxygens (including phenoxy) is 2. The Balaban J connectivity index is 2.36. The van der Waals surface area contributed by atoms with Crippen molar-refractivity contribution in [3.05, 3.63) is 0 Å². The van der Waals surface area contributed by atoms with Crippen LogP contribution in [0.3, 0.4) is 0 Å². The fourth-order valence-corrected chi connectivity index (χ4v) is 0.883. The normalized spacial score (nSPS) is 25.9. The van der Waals surface area contributed by atoms with Crippen LogP contribution in [0, 0.1) is 5.92 Å². The van der Waals surface area contributed by atoms with Crippen LogP contribution in [0.1, 0.15) is 13.8 Å². The van der Waals surface area contributed by atoms with E-state index in [4.69, 9.17) is 9.47 Å². The van der Waals surface area contributed by atoms with E-state index >= 15 is 0 Å². The number of rotatable bonds is 1. The minimum atomic E-state index is -2.80. The summed E-state index contributed by atoms with van der Waals surface area (Å²) in [6.07, 6.45) is -0.463. The highest BCUT2D eigenvalue weighted by atomic mass is 19.3. The van der Waals surface area contributed by atoms with Gasteiger partial charge < -0.3 is 9.47 Å². The van der Waals surface area contributed by atoms with E-state index in [1.54, 1.807) is 0 Å². The monoisotopic (exact) mass is 166 g/mol. The van der Waals surface area contributed by atoms with Gasteiger partial charge >= 0.3 is 0 Å². The molecule has 1 heterocycles. The lowest BCUT2D eigenvalue weighted by atomic mass is 10.2. The summed E-state index contributed by atoms with van der Waals surface area (Å²) in [5.74, 6) is -2.67. The van der Waals surface area contributed by atoms with Gasteiger partial charge in [-0.15, -0.1) is 0 Å². The quantitative estimate of drug-likeness (QED) is 0.589. The molecular formula is C7H12F2O2. The van der Waals surface area contributed by atoms with Crippen molar-refractivity contribution in [2.45, 2.75) is 26.1 Å². The van der Waals surface area contributed by atoms with E-state index in [0.29, 0.717) is 0 Å². The first-order chi connectivity index (χ1) is 5.01. The van der Waals surface area contributed by atoms with E-state index in [-0.39, 0.29) is 5.92 Å². The first-order valence-corrected chi connectivity index (χ1v) is 3.62. The molecule has 1 fully saturated rings. The molecule has 0 saturated carbocycles. The van der Waals surface area contributed by atoms with Crippen LogP contribution in [0.4, 0.5) is 8.78 Å². The van der Waals surface area contributed by atoms with Gasteiger partial charge in [0.05, 0.1) is 0 Å². The van der Waals surface area contributed by atoms with Crippen LogP contribution in [0.15, 0.2) is 0 Å². The molecule has 0 aromatic rings. The van der Waals surface area contributed by atoms with Gasteiger partial charge in [-0.2, -0.15) is 0 Å². The van der Waals surface area contributed by atoms with Crippen LogP contribution in [0.5, 0.6) is 0 Å². The summed E-state index contributed by atoms with van der Waals surface area (Å²) in [5.41, 5.74) is 0. The Bertz CT molecular complexity index is 126. The summed E-state index contributed by atoms with van der Waals surface area (Å²) < 4.78 is 34.3. The number of hydrogen-bond acceptors (Lipinski definition) is 2. The largest absolute Gasteiger partial charge is 0.346 e. The minimum absolute atomic E-state index is 0.131. The molecule has 0 aromatic carbocycles.